The fraction of sp³-hybridized carbons (Fsp3) is 0.235. The highest BCUT2D eigenvalue weighted by atomic mass is 32.2. The summed E-state index contributed by atoms with van der Waals surface area (Å²) in [5, 5.41) is 2.57. The molecule has 0 saturated carbocycles. The number of hydrogen-bond donors (Lipinski definition) is 1. The van der Waals surface area contributed by atoms with Gasteiger partial charge in [-0.3, -0.25) is 4.79 Å². The molecule has 2 rings (SSSR count). The van der Waals surface area contributed by atoms with E-state index in [1.807, 2.05) is 13.0 Å². The van der Waals surface area contributed by atoms with Gasteiger partial charge in [0.15, 0.2) is 17.5 Å². The van der Waals surface area contributed by atoms with Crippen molar-refractivity contribution in [3.05, 3.63) is 58.9 Å². The number of amides is 1. The predicted octanol–water partition coefficient (Wildman–Crippen LogP) is 2.98. The summed E-state index contributed by atoms with van der Waals surface area (Å²) in [5.74, 6) is -5.88. The number of nitrogens with zero attached hydrogens (tertiary/aromatic N) is 1. The van der Waals surface area contributed by atoms with Crippen molar-refractivity contribution in [3.63, 3.8) is 0 Å². The van der Waals surface area contributed by atoms with Gasteiger partial charge in [0.25, 0.3) is 0 Å². The molecule has 0 spiro atoms. The van der Waals surface area contributed by atoms with Crippen LogP contribution in [0.3, 0.4) is 0 Å². The van der Waals surface area contributed by atoms with Crippen molar-refractivity contribution < 1.29 is 26.4 Å². The number of sulfonamides is 1. The fourth-order valence-corrected chi connectivity index (χ4v) is 3.40. The van der Waals surface area contributed by atoms with Crippen LogP contribution in [-0.2, 0) is 14.8 Å². The highest BCUT2D eigenvalue weighted by Crippen LogP contribution is 2.22. The van der Waals surface area contributed by atoms with E-state index >= 15 is 0 Å². The lowest BCUT2D eigenvalue weighted by Gasteiger charge is -2.18. The molecular formula is C17H17F3N2O3S. The molecule has 0 aliphatic heterocycles. The normalized spacial score (nSPS) is 11.7. The number of hydrogen-bond acceptors (Lipinski definition) is 3. The van der Waals surface area contributed by atoms with Crippen LogP contribution >= 0.6 is 0 Å². The highest BCUT2D eigenvalue weighted by molar-refractivity contribution is 7.89. The van der Waals surface area contributed by atoms with Gasteiger partial charge in [-0.2, -0.15) is 4.31 Å². The Balaban J connectivity index is 2.20. The summed E-state index contributed by atoms with van der Waals surface area (Å²) in [6.07, 6.45) is 0. The molecule has 0 saturated heterocycles. The van der Waals surface area contributed by atoms with Crippen molar-refractivity contribution in [2.24, 2.45) is 0 Å². The Morgan fingerprint density at radius 2 is 1.73 bits per heavy atom. The van der Waals surface area contributed by atoms with E-state index in [9.17, 15) is 26.4 Å². The van der Waals surface area contributed by atoms with Crippen molar-refractivity contribution in [2.75, 3.05) is 18.9 Å². The van der Waals surface area contributed by atoms with E-state index in [1.165, 1.54) is 0 Å². The van der Waals surface area contributed by atoms with Crippen LogP contribution in [0.2, 0.25) is 0 Å². The summed E-state index contributed by atoms with van der Waals surface area (Å²) in [6.45, 7) is 2.97. The number of carbonyl (C=O) groups excluding carboxylic acids is 1. The number of aryl methyl sites for hydroxylation is 2. The molecular weight excluding hydrogens is 369 g/mol. The van der Waals surface area contributed by atoms with Crippen LogP contribution in [0.5, 0.6) is 0 Å². The monoisotopic (exact) mass is 386 g/mol. The number of nitrogens with one attached hydrogen (secondary N) is 1. The van der Waals surface area contributed by atoms with E-state index < -0.39 is 44.8 Å². The number of rotatable bonds is 5. The van der Waals surface area contributed by atoms with Gasteiger partial charge in [-0.1, -0.05) is 12.1 Å². The molecule has 0 aromatic heterocycles. The first-order valence-corrected chi connectivity index (χ1v) is 8.95. The van der Waals surface area contributed by atoms with Crippen molar-refractivity contribution in [3.8, 4) is 0 Å². The maximum absolute atomic E-state index is 13.8. The second kappa shape index (κ2) is 7.46. The molecule has 0 fully saturated rings. The van der Waals surface area contributed by atoms with Crippen LogP contribution in [0, 0.1) is 31.3 Å². The zero-order valence-corrected chi connectivity index (χ0v) is 15.1. The van der Waals surface area contributed by atoms with Crippen LogP contribution in [0.15, 0.2) is 35.2 Å². The van der Waals surface area contributed by atoms with Crippen molar-refractivity contribution in [2.45, 2.75) is 18.7 Å². The summed E-state index contributed by atoms with van der Waals surface area (Å²) in [6, 6.07) is 6.49. The first-order valence-electron chi connectivity index (χ1n) is 7.51. The lowest BCUT2D eigenvalue weighted by Crippen LogP contribution is -2.35. The van der Waals surface area contributed by atoms with E-state index in [0.717, 1.165) is 18.2 Å². The Bertz CT molecular complexity index is 962. The predicted molar refractivity (Wildman–Crippen MR) is 90.7 cm³/mol. The summed E-state index contributed by atoms with van der Waals surface area (Å²) in [7, 11) is -3.48. The van der Waals surface area contributed by atoms with Crippen molar-refractivity contribution in [1.29, 1.82) is 0 Å². The molecule has 1 N–H and O–H groups in total. The van der Waals surface area contributed by atoms with Crippen LogP contribution in [0.4, 0.5) is 18.9 Å². The fourth-order valence-electron chi connectivity index (χ4n) is 2.22. The SMILES string of the molecule is Cc1ccc(C)c(NC(=O)CN(C)S(=O)(=O)c2ccc(F)c(F)c2F)c1. The van der Waals surface area contributed by atoms with Crippen molar-refractivity contribution in [1.82, 2.24) is 4.31 Å². The van der Waals surface area contributed by atoms with Crippen LogP contribution in [0.25, 0.3) is 0 Å². The van der Waals surface area contributed by atoms with Gasteiger partial charge in [0.1, 0.15) is 4.90 Å². The summed E-state index contributed by atoms with van der Waals surface area (Å²) in [5.41, 5.74) is 2.19. The van der Waals surface area contributed by atoms with Crippen LogP contribution in [0.1, 0.15) is 11.1 Å². The molecule has 9 heteroatoms. The average molecular weight is 386 g/mol. The van der Waals surface area contributed by atoms with Crippen molar-refractivity contribution >= 4 is 21.6 Å². The molecule has 0 aliphatic carbocycles. The zero-order chi connectivity index (χ0) is 19.6. The second-order valence-electron chi connectivity index (χ2n) is 5.80. The largest absolute Gasteiger partial charge is 0.325 e. The van der Waals surface area contributed by atoms with Gasteiger partial charge < -0.3 is 5.32 Å². The smallest absolute Gasteiger partial charge is 0.246 e. The zero-order valence-electron chi connectivity index (χ0n) is 14.3. The summed E-state index contributed by atoms with van der Waals surface area (Å²) >= 11 is 0. The highest BCUT2D eigenvalue weighted by Gasteiger charge is 2.29. The molecule has 2 aromatic carbocycles. The van der Waals surface area contributed by atoms with Gasteiger partial charge in [0, 0.05) is 12.7 Å². The molecule has 1 amide bonds. The Kier molecular flexibility index (Phi) is 5.72. The standard InChI is InChI=1S/C17H17F3N2O3S/c1-10-4-5-11(2)13(8-10)21-15(23)9-22(3)26(24,25)14-7-6-12(18)16(19)17(14)20/h4-8H,9H2,1-3H3,(H,21,23). The molecule has 0 aliphatic rings. The number of anilines is 1. The summed E-state index contributed by atoms with van der Waals surface area (Å²) in [4.78, 5) is 11.1. The molecule has 0 heterocycles. The lowest BCUT2D eigenvalue weighted by atomic mass is 10.1. The van der Waals surface area contributed by atoms with E-state index in [2.05, 4.69) is 5.32 Å². The Morgan fingerprint density at radius 3 is 2.38 bits per heavy atom. The molecule has 2 aromatic rings. The van der Waals surface area contributed by atoms with Gasteiger partial charge in [0.2, 0.25) is 15.9 Å². The minimum atomic E-state index is -4.52. The van der Waals surface area contributed by atoms with Gasteiger partial charge in [-0.15, -0.1) is 0 Å². The second-order valence-corrected chi connectivity index (χ2v) is 7.81. The quantitative estimate of drug-likeness (QED) is 0.804. The molecule has 0 radical (unpaired) electrons. The van der Waals surface area contributed by atoms with Gasteiger partial charge in [0.05, 0.1) is 6.54 Å². The topological polar surface area (TPSA) is 66.5 Å². The molecule has 0 unspecified atom stereocenters. The molecule has 0 bridgehead atoms. The maximum Gasteiger partial charge on any atom is 0.246 e. The number of likely N-dealkylation sites (N-methyl/N-ethyl adjacent to an activating group) is 1. The maximum atomic E-state index is 13.8. The van der Waals surface area contributed by atoms with E-state index in [4.69, 9.17) is 0 Å². The third kappa shape index (κ3) is 4.05. The molecule has 0 atom stereocenters. The third-order valence-corrected chi connectivity index (χ3v) is 5.54. The third-order valence-electron chi connectivity index (χ3n) is 3.72. The van der Waals surface area contributed by atoms with Gasteiger partial charge >= 0.3 is 0 Å². The lowest BCUT2D eigenvalue weighted by molar-refractivity contribution is -0.116. The van der Waals surface area contributed by atoms with Crippen LogP contribution < -0.4 is 5.32 Å². The van der Waals surface area contributed by atoms with Gasteiger partial charge in [-0.05, 0) is 43.2 Å². The van der Waals surface area contributed by atoms with Gasteiger partial charge in [-0.25, -0.2) is 21.6 Å². The first kappa shape index (κ1) is 19.9. The van der Waals surface area contributed by atoms with E-state index in [1.54, 1.807) is 19.1 Å². The summed E-state index contributed by atoms with van der Waals surface area (Å²) < 4.78 is 65.3. The Labute approximate surface area is 149 Å². The van der Waals surface area contributed by atoms with Crippen LogP contribution in [-0.4, -0.2) is 32.2 Å². The molecule has 26 heavy (non-hydrogen) atoms. The minimum absolute atomic E-state index is 0.509. The number of halogens is 3. The van der Waals surface area contributed by atoms with E-state index in [0.29, 0.717) is 22.1 Å². The number of benzene rings is 2. The molecule has 5 nitrogen and oxygen atoms in total. The Hall–Kier alpha value is -2.39. The first-order chi connectivity index (χ1) is 12.0. The Morgan fingerprint density at radius 1 is 1.08 bits per heavy atom. The number of carbonyl (C=O) groups is 1. The molecule has 140 valence electrons. The average Bonchev–Trinajstić information content (AvgIpc) is 2.55. The van der Waals surface area contributed by atoms with E-state index in [-0.39, 0.29) is 0 Å². The minimum Gasteiger partial charge on any atom is -0.325 e.